The van der Waals surface area contributed by atoms with Gasteiger partial charge in [0.1, 0.15) is 0 Å². The van der Waals surface area contributed by atoms with Crippen LogP contribution in [0.5, 0.6) is 0 Å². The van der Waals surface area contributed by atoms with Gasteiger partial charge in [0.05, 0.1) is 12.5 Å². The number of carboxylic acids is 1. The SMILES string of the molecule is CCCCCCC(F)C(=O)N(CCC)CC(=O)[O-].[Na+]. The van der Waals surface area contributed by atoms with Gasteiger partial charge in [-0.05, 0) is 12.8 Å². The number of aliphatic carboxylic acids is 1. The Morgan fingerprint density at radius 1 is 1.16 bits per heavy atom. The van der Waals surface area contributed by atoms with E-state index in [2.05, 4.69) is 6.92 Å². The van der Waals surface area contributed by atoms with E-state index in [4.69, 9.17) is 0 Å². The molecule has 0 bridgehead atoms. The number of rotatable bonds is 10. The molecule has 6 heteroatoms. The second kappa shape index (κ2) is 12.9. The van der Waals surface area contributed by atoms with Crippen LogP contribution < -0.4 is 34.7 Å². The fourth-order valence-electron chi connectivity index (χ4n) is 1.76. The molecular weight excluding hydrogens is 260 g/mol. The summed E-state index contributed by atoms with van der Waals surface area (Å²) < 4.78 is 13.6. The summed E-state index contributed by atoms with van der Waals surface area (Å²) in [6, 6.07) is 0. The van der Waals surface area contributed by atoms with E-state index in [-0.39, 0.29) is 42.5 Å². The maximum atomic E-state index is 13.6. The number of alkyl halides is 1. The molecule has 0 aliphatic rings. The van der Waals surface area contributed by atoms with Gasteiger partial charge in [0.2, 0.25) is 0 Å². The number of hydrogen-bond donors (Lipinski definition) is 0. The molecule has 0 fully saturated rings. The number of amides is 1. The van der Waals surface area contributed by atoms with Crippen LogP contribution in [0, 0.1) is 0 Å². The van der Waals surface area contributed by atoms with Crippen molar-refractivity contribution in [2.24, 2.45) is 0 Å². The molecule has 106 valence electrons. The topological polar surface area (TPSA) is 60.4 Å². The predicted octanol–water partition coefficient (Wildman–Crippen LogP) is -1.71. The van der Waals surface area contributed by atoms with E-state index in [1.54, 1.807) is 0 Å². The van der Waals surface area contributed by atoms with Crippen LogP contribution >= 0.6 is 0 Å². The van der Waals surface area contributed by atoms with Crippen LogP contribution in [-0.2, 0) is 9.59 Å². The van der Waals surface area contributed by atoms with Crippen LogP contribution in [0.1, 0.15) is 52.4 Å². The van der Waals surface area contributed by atoms with E-state index >= 15 is 0 Å². The Bertz CT molecular complexity index is 264. The zero-order chi connectivity index (χ0) is 14.0. The van der Waals surface area contributed by atoms with Gasteiger partial charge in [-0.15, -0.1) is 0 Å². The smallest absolute Gasteiger partial charge is 0.548 e. The van der Waals surface area contributed by atoms with Crippen molar-refractivity contribution in [2.45, 2.75) is 58.5 Å². The van der Waals surface area contributed by atoms with E-state index in [1.807, 2.05) is 6.92 Å². The number of carbonyl (C=O) groups is 2. The van der Waals surface area contributed by atoms with Gasteiger partial charge in [-0.25, -0.2) is 4.39 Å². The van der Waals surface area contributed by atoms with Crippen LogP contribution in [0.4, 0.5) is 4.39 Å². The summed E-state index contributed by atoms with van der Waals surface area (Å²) in [6.07, 6.45) is 2.82. The van der Waals surface area contributed by atoms with Crippen molar-refractivity contribution < 1.29 is 48.6 Å². The summed E-state index contributed by atoms with van der Waals surface area (Å²) in [7, 11) is 0. The van der Waals surface area contributed by atoms with Crippen LogP contribution in [0.3, 0.4) is 0 Å². The van der Waals surface area contributed by atoms with Gasteiger partial charge in [0, 0.05) is 6.54 Å². The van der Waals surface area contributed by atoms with Crippen molar-refractivity contribution in [3.63, 3.8) is 0 Å². The molecule has 0 aromatic carbocycles. The fraction of sp³-hybridized carbons (Fsp3) is 0.846. The number of hydrogen-bond acceptors (Lipinski definition) is 3. The largest absolute Gasteiger partial charge is 1.00 e. The van der Waals surface area contributed by atoms with Crippen molar-refractivity contribution in [1.29, 1.82) is 0 Å². The molecule has 4 nitrogen and oxygen atoms in total. The molecule has 1 amide bonds. The molecule has 1 atom stereocenters. The molecule has 0 saturated heterocycles. The molecule has 0 rings (SSSR count). The molecule has 0 saturated carbocycles. The van der Waals surface area contributed by atoms with Gasteiger partial charge in [0.25, 0.3) is 5.91 Å². The predicted molar refractivity (Wildman–Crippen MR) is 65.5 cm³/mol. The minimum absolute atomic E-state index is 0. The van der Waals surface area contributed by atoms with Crippen molar-refractivity contribution in [2.75, 3.05) is 13.1 Å². The van der Waals surface area contributed by atoms with Crippen molar-refractivity contribution in [3.8, 4) is 0 Å². The van der Waals surface area contributed by atoms with E-state index in [0.717, 1.165) is 24.2 Å². The number of halogens is 1. The van der Waals surface area contributed by atoms with E-state index in [9.17, 15) is 19.1 Å². The Morgan fingerprint density at radius 2 is 1.79 bits per heavy atom. The van der Waals surface area contributed by atoms with Gasteiger partial charge in [-0.2, -0.15) is 0 Å². The molecule has 0 spiro atoms. The Balaban J connectivity index is 0. The first-order chi connectivity index (χ1) is 8.52. The van der Waals surface area contributed by atoms with Gasteiger partial charge < -0.3 is 14.8 Å². The van der Waals surface area contributed by atoms with Gasteiger partial charge in [-0.3, -0.25) is 4.79 Å². The zero-order valence-electron chi connectivity index (χ0n) is 12.3. The molecule has 19 heavy (non-hydrogen) atoms. The average molecular weight is 283 g/mol. The summed E-state index contributed by atoms with van der Waals surface area (Å²) >= 11 is 0. The molecular formula is C13H23FNNaO3. The number of unbranched alkanes of at least 4 members (excludes halogenated alkanes) is 3. The third-order valence-electron chi connectivity index (χ3n) is 2.70. The summed E-state index contributed by atoms with van der Waals surface area (Å²) in [5.41, 5.74) is 0. The molecule has 0 N–H and O–H groups in total. The molecule has 0 aliphatic carbocycles. The fourth-order valence-corrected chi connectivity index (χ4v) is 1.76. The first kappa shape index (κ1) is 21.2. The van der Waals surface area contributed by atoms with E-state index in [1.165, 1.54) is 0 Å². The maximum absolute atomic E-state index is 13.6. The van der Waals surface area contributed by atoms with Gasteiger partial charge in [-0.1, -0.05) is 39.5 Å². The quantitative estimate of drug-likeness (QED) is 0.354. The third-order valence-corrected chi connectivity index (χ3v) is 2.70. The third kappa shape index (κ3) is 10.3. The monoisotopic (exact) mass is 283 g/mol. The normalized spacial score (nSPS) is 11.5. The van der Waals surface area contributed by atoms with E-state index < -0.39 is 24.6 Å². The summed E-state index contributed by atoms with van der Waals surface area (Å²) in [4.78, 5) is 23.2. The Morgan fingerprint density at radius 3 is 2.26 bits per heavy atom. The van der Waals surface area contributed by atoms with Crippen molar-refractivity contribution in [3.05, 3.63) is 0 Å². The molecule has 0 radical (unpaired) electrons. The summed E-state index contributed by atoms with van der Waals surface area (Å²) in [5, 5.41) is 10.5. The van der Waals surface area contributed by atoms with Crippen LogP contribution in [0.25, 0.3) is 0 Å². The molecule has 0 heterocycles. The maximum Gasteiger partial charge on any atom is 1.00 e. The second-order valence-electron chi connectivity index (χ2n) is 4.45. The Labute approximate surface area is 137 Å². The van der Waals surface area contributed by atoms with Crippen molar-refractivity contribution >= 4 is 11.9 Å². The minimum Gasteiger partial charge on any atom is -0.548 e. The zero-order valence-corrected chi connectivity index (χ0v) is 14.3. The van der Waals surface area contributed by atoms with Crippen LogP contribution in [-0.4, -0.2) is 36.0 Å². The standard InChI is InChI=1S/C13H24FNO3.Na/c1-3-5-6-7-8-11(14)13(18)15(9-4-2)10-12(16)17;/h11H,3-10H2,1-2H3,(H,16,17);/q;+1/p-1. The number of nitrogens with zero attached hydrogens (tertiary/aromatic N) is 1. The molecule has 0 aromatic rings. The Hall–Kier alpha value is -0.130. The Kier molecular flexibility index (Phi) is 14.4. The number of carbonyl (C=O) groups excluding carboxylic acids is 2. The van der Waals surface area contributed by atoms with Gasteiger partial charge >= 0.3 is 29.6 Å². The summed E-state index contributed by atoms with van der Waals surface area (Å²) in [6.45, 7) is 3.59. The second-order valence-corrected chi connectivity index (χ2v) is 4.45. The number of carboxylic acid groups (broad SMARTS) is 1. The van der Waals surface area contributed by atoms with Crippen molar-refractivity contribution in [1.82, 2.24) is 4.90 Å². The minimum atomic E-state index is -1.59. The first-order valence-electron chi connectivity index (χ1n) is 6.65. The van der Waals surface area contributed by atoms with E-state index in [0.29, 0.717) is 12.8 Å². The first-order valence-corrected chi connectivity index (χ1v) is 6.65. The average Bonchev–Trinajstić information content (AvgIpc) is 2.32. The van der Waals surface area contributed by atoms with Crippen LogP contribution in [0.15, 0.2) is 0 Å². The molecule has 1 unspecified atom stereocenters. The molecule has 0 aromatic heterocycles. The van der Waals surface area contributed by atoms with Gasteiger partial charge in [0.15, 0.2) is 6.17 Å². The molecule has 0 aliphatic heterocycles. The summed E-state index contributed by atoms with van der Waals surface area (Å²) in [5.74, 6) is -2.08. The van der Waals surface area contributed by atoms with Crippen LogP contribution in [0.2, 0.25) is 0 Å².